The topological polar surface area (TPSA) is 57.9 Å². The highest BCUT2D eigenvalue weighted by Gasteiger charge is 2.08. The number of hydrogen-bond donors (Lipinski definition) is 2. The Bertz CT molecular complexity index is 858. The summed E-state index contributed by atoms with van der Waals surface area (Å²) in [6.07, 6.45) is 1.95. The van der Waals surface area contributed by atoms with Crippen LogP contribution in [0, 0.1) is 0 Å². The number of ether oxygens (including phenoxy) is 1. The van der Waals surface area contributed by atoms with Gasteiger partial charge in [0.25, 0.3) is 0 Å². The molecule has 0 aliphatic rings. The number of aromatic nitrogens is 2. The molecule has 0 spiro atoms. The lowest BCUT2D eigenvalue weighted by Crippen LogP contribution is -2.04. The van der Waals surface area contributed by atoms with Crippen molar-refractivity contribution in [2.24, 2.45) is 0 Å². The zero-order chi connectivity index (χ0) is 16.1. The van der Waals surface area contributed by atoms with Gasteiger partial charge >= 0.3 is 5.97 Å². The average Bonchev–Trinajstić information content (AvgIpc) is 3.22. The molecule has 2 aromatic heterocycles. The summed E-state index contributed by atoms with van der Waals surface area (Å²) in [4.78, 5) is 17.5. The highest BCUT2D eigenvalue weighted by atomic mass is 16.5. The molecule has 116 valence electrons. The lowest BCUT2D eigenvalue weighted by atomic mass is 10.2. The van der Waals surface area contributed by atoms with Gasteiger partial charge in [-0.15, -0.1) is 0 Å². The minimum atomic E-state index is -0.302. The van der Waals surface area contributed by atoms with E-state index in [9.17, 15) is 4.79 Å². The van der Waals surface area contributed by atoms with E-state index in [1.54, 1.807) is 13.0 Å². The minimum absolute atomic E-state index is 0.302. The molecule has 0 saturated heterocycles. The van der Waals surface area contributed by atoms with Gasteiger partial charge in [0.15, 0.2) is 0 Å². The normalized spacial score (nSPS) is 10.3. The maximum atomic E-state index is 11.4. The van der Waals surface area contributed by atoms with Gasteiger partial charge in [0.1, 0.15) is 5.69 Å². The molecule has 4 rings (SSSR count). The van der Waals surface area contributed by atoms with Crippen molar-refractivity contribution in [3.63, 3.8) is 0 Å². The van der Waals surface area contributed by atoms with Gasteiger partial charge in [-0.3, -0.25) is 0 Å². The van der Waals surface area contributed by atoms with Crippen LogP contribution in [0.1, 0.15) is 17.4 Å². The largest absolute Gasteiger partial charge is 0.461 e. The van der Waals surface area contributed by atoms with Crippen LogP contribution in [0.25, 0.3) is 21.8 Å². The van der Waals surface area contributed by atoms with E-state index in [1.165, 1.54) is 10.9 Å². The summed E-state index contributed by atoms with van der Waals surface area (Å²) in [6, 6.07) is 19.8. The molecular formula is C19H18N2O2. The molecular weight excluding hydrogens is 288 g/mol. The van der Waals surface area contributed by atoms with Crippen molar-refractivity contribution in [3.8, 4) is 0 Å². The molecule has 0 amide bonds. The summed E-state index contributed by atoms with van der Waals surface area (Å²) >= 11 is 0. The van der Waals surface area contributed by atoms with E-state index in [2.05, 4.69) is 28.2 Å². The third kappa shape index (κ3) is 3.43. The first-order valence-electron chi connectivity index (χ1n) is 7.55. The quantitative estimate of drug-likeness (QED) is 0.535. The van der Waals surface area contributed by atoms with Crippen LogP contribution in [0.5, 0.6) is 0 Å². The molecule has 0 unspecified atom stereocenters. The van der Waals surface area contributed by atoms with Crippen LogP contribution >= 0.6 is 0 Å². The Hall–Kier alpha value is -3.01. The number of nitrogens with one attached hydrogen (secondary N) is 2. The monoisotopic (exact) mass is 306 g/mol. The van der Waals surface area contributed by atoms with Gasteiger partial charge in [-0.05, 0) is 36.6 Å². The molecule has 0 saturated carbocycles. The number of esters is 1. The van der Waals surface area contributed by atoms with Crippen molar-refractivity contribution >= 4 is 27.8 Å². The van der Waals surface area contributed by atoms with Crippen LogP contribution in [0.4, 0.5) is 0 Å². The van der Waals surface area contributed by atoms with E-state index in [0.29, 0.717) is 12.3 Å². The minimum Gasteiger partial charge on any atom is -0.461 e. The van der Waals surface area contributed by atoms with Crippen LogP contribution in [-0.2, 0) is 4.74 Å². The third-order valence-corrected chi connectivity index (χ3v) is 3.49. The molecule has 4 heteroatoms. The molecule has 4 aromatic rings. The first kappa shape index (κ1) is 14.9. The van der Waals surface area contributed by atoms with E-state index in [-0.39, 0.29) is 5.97 Å². The van der Waals surface area contributed by atoms with Crippen LogP contribution < -0.4 is 0 Å². The summed E-state index contributed by atoms with van der Waals surface area (Å²) in [7, 11) is 0. The standard InChI is InChI=1S/C11H11NO2.C8H7N/c1-2-14-11(13)10-7-8-5-3-4-6-9(8)12-10;1-2-4-8-7(3-1)5-6-9-8/h3-7,12H,2H2,1H3;1-6,9H. The number of aromatic amines is 2. The second-order valence-electron chi connectivity index (χ2n) is 5.06. The Labute approximate surface area is 134 Å². The van der Waals surface area contributed by atoms with Crippen LogP contribution in [0.2, 0.25) is 0 Å². The zero-order valence-corrected chi connectivity index (χ0v) is 12.9. The predicted octanol–water partition coefficient (Wildman–Crippen LogP) is 4.51. The fraction of sp³-hybridized carbons (Fsp3) is 0.105. The van der Waals surface area contributed by atoms with E-state index in [1.807, 2.05) is 42.6 Å². The van der Waals surface area contributed by atoms with Gasteiger partial charge in [-0.2, -0.15) is 0 Å². The average molecular weight is 306 g/mol. The van der Waals surface area contributed by atoms with E-state index >= 15 is 0 Å². The molecule has 0 aliphatic heterocycles. The zero-order valence-electron chi connectivity index (χ0n) is 12.9. The van der Waals surface area contributed by atoms with Crippen molar-refractivity contribution in [1.82, 2.24) is 9.97 Å². The van der Waals surface area contributed by atoms with Crippen molar-refractivity contribution in [2.45, 2.75) is 6.92 Å². The number of rotatable bonds is 2. The van der Waals surface area contributed by atoms with Gasteiger partial charge in [0.2, 0.25) is 0 Å². The molecule has 0 bridgehead atoms. The predicted molar refractivity (Wildman–Crippen MR) is 92.6 cm³/mol. The number of para-hydroxylation sites is 2. The van der Waals surface area contributed by atoms with Crippen molar-refractivity contribution in [1.29, 1.82) is 0 Å². The van der Waals surface area contributed by atoms with Gasteiger partial charge < -0.3 is 14.7 Å². The molecule has 0 aliphatic carbocycles. The van der Waals surface area contributed by atoms with Crippen LogP contribution in [0.3, 0.4) is 0 Å². The van der Waals surface area contributed by atoms with Gasteiger partial charge in [0.05, 0.1) is 6.61 Å². The van der Waals surface area contributed by atoms with Crippen molar-refractivity contribution < 1.29 is 9.53 Å². The van der Waals surface area contributed by atoms with Gasteiger partial charge in [-0.1, -0.05) is 36.4 Å². The summed E-state index contributed by atoms with van der Waals surface area (Å²) in [5, 5.41) is 2.30. The number of H-pyrrole nitrogens is 2. The molecule has 2 heterocycles. The van der Waals surface area contributed by atoms with Crippen LogP contribution in [-0.4, -0.2) is 22.5 Å². The number of benzene rings is 2. The second-order valence-corrected chi connectivity index (χ2v) is 5.06. The van der Waals surface area contributed by atoms with Crippen molar-refractivity contribution in [2.75, 3.05) is 6.61 Å². The number of carbonyl (C=O) groups excluding carboxylic acids is 1. The third-order valence-electron chi connectivity index (χ3n) is 3.49. The molecule has 2 N–H and O–H groups in total. The summed E-state index contributed by atoms with van der Waals surface area (Å²) in [5.41, 5.74) is 2.67. The molecule has 2 aromatic carbocycles. The lowest BCUT2D eigenvalue weighted by Gasteiger charge is -1.96. The highest BCUT2D eigenvalue weighted by Crippen LogP contribution is 2.15. The first-order valence-corrected chi connectivity index (χ1v) is 7.55. The van der Waals surface area contributed by atoms with E-state index in [4.69, 9.17) is 4.74 Å². The van der Waals surface area contributed by atoms with Gasteiger partial charge in [-0.25, -0.2) is 4.79 Å². The second kappa shape index (κ2) is 6.83. The van der Waals surface area contributed by atoms with Crippen molar-refractivity contribution in [3.05, 3.63) is 72.6 Å². The summed E-state index contributed by atoms with van der Waals surface area (Å²) < 4.78 is 4.89. The smallest absolute Gasteiger partial charge is 0.354 e. The maximum absolute atomic E-state index is 11.4. The maximum Gasteiger partial charge on any atom is 0.354 e. The van der Waals surface area contributed by atoms with Crippen LogP contribution in [0.15, 0.2) is 66.9 Å². The summed E-state index contributed by atoms with van der Waals surface area (Å²) in [6.45, 7) is 2.19. The lowest BCUT2D eigenvalue weighted by molar-refractivity contribution is 0.0520. The highest BCUT2D eigenvalue weighted by molar-refractivity contribution is 5.94. The molecule has 0 radical (unpaired) electrons. The Kier molecular flexibility index (Phi) is 4.43. The number of hydrogen-bond acceptors (Lipinski definition) is 2. The SMILES string of the molecule is CCOC(=O)c1cc2ccccc2[nH]1.c1ccc2[nH]ccc2c1. The molecule has 23 heavy (non-hydrogen) atoms. The number of carbonyl (C=O) groups is 1. The van der Waals surface area contributed by atoms with Gasteiger partial charge in [0, 0.05) is 22.6 Å². The molecule has 0 fully saturated rings. The molecule has 4 nitrogen and oxygen atoms in total. The van der Waals surface area contributed by atoms with E-state index in [0.717, 1.165) is 10.9 Å². The summed E-state index contributed by atoms with van der Waals surface area (Å²) in [5.74, 6) is -0.302. The fourth-order valence-electron chi connectivity index (χ4n) is 2.39. The Balaban J connectivity index is 0.000000149. The fourth-order valence-corrected chi connectivity index (χ4v) is 2.39. The Morgan fingerprint density at radius 3 is 2.35 bits per heavy atom. The Morgan fingerprint density at radius 2 is 1.65 bits per heavy atom. The number of fused-ring (bicyclic) bond motifs is 2. The van der Waals surface area contributed by atoms with E-state index < -0.39 is 0 Å². The first-order chi connectivity index (χ1) is 11.3. The Morgan fingerprint density at radius 1 is 0.957 bits per heavy atom. The molecule has 0 atom stereocenters.